The molecular weight excluding hydrogens is 271 g/mol. The summed E-state index contributed by atoms with van der Waals surface area (Å²) in [6, 6.07) is 1.96. The summed E-state index contributed by atoms with van der Waals surface area (Å²) in [5.74, 6) is -4.11. The second-order valence-electron chi connectivity index (χ2n) is 4.34. The Kier molecular flexibility index (Phi) is 4.39. The Labute approximate surface area is 113 Å². The van der Waals surface area contributed by atoms with Crippen molar-refractivity contribution in [3.63, 3.8) is 0 Å². The molecule has 0 spiro atoms. The van der Waals surface area contributed by atoms with Crippen LogP contribution in [0, 0.1) is 17.5 Å². The fraction of sp³-hybridized carbons (Fsp3) is 0.385. The van der Waals surface area contributed by atoms with Crippen molar-refractivity contribution in [1.82, 2.24) is 15.0 Å². The van der Waals surface area contributed by atoms with Crippen LogP contribution in [0.5, 0.6) is 0 Å². The fourth-order valence-corrected chi connectivity index (χ4v) is 1.92. The van der Waals surface area contributed by atoms with Gasteiger partial charge in [0.1, 0.15) is 5.69 Å². The molecule has 108 valence electrons. The lowest BCUT2D eigenvalue weighted by Gasteiger charge is -2.09. The number of unbranched alkanes of at least 4 members (excludes halogenated alkanes) is 1. The number of aliphatic hydroxyl groups excluding tert-OH is 1. The van der Waals surface area contributed by atoms with E-state index >= 15 is 0 Å². The molecule has 1 aromatic heterocycles. The molecular formula is C13H14F3N3O. The second-order valence-corrected chi connectivity index (χ2v) is 4.34. The summed E-state index contributed by atoms with van der Waals surface area (Å²) < 4.78 is 41.6. The topological polar surface area (TPSA) is 50.9 Å². The van der Waals surface area contributed by atoms with Gasteiger partial charge in [0, 0.05) is 12.1 Å². The molecule has 0 saturated heterocycles. The van der Waals surface area contributed by atoms with Crippen molar-refractivity contribution in [2.75, 3.05) is 0 Å². The van der Waals surface area contributed by atoms with Gasteiger partial charge in [-0.25, -0.2) is 17.9 Å². The van der Waals surface area contributed by atoms with Gasteiger partial charge in [0.15, 0.2) is 17.5 Å². The van der Waals surface area contributed by atoms with Crippen molar-refractivity contribution < 1.29 is 18.3 Å². The van der Waals surface area contributed by atoms with Crippen LogP contribution < -0.4 is 0 Å². The summed E-state index contributed by atoms with van der Waals surface area (Å²) >= 11 is 0. The number of benzene rings is 1. The van der Waals surface area contributed by atoms with E-state index in [-0.39, 0.29) is 17.0 Å². The van der Waals surface area contributed by atoms with E-state index in [0.717, 1.165) is 25.0 Å². The zero-order valence-corrected chi connectivity index (χ0v) is 10.9. The normalized spacial score (nSPS) is 11.1. The SMILES string of the molecule is CCCCn1nnc(CO)c1-c1ccc(F)c(F)c1F. The molecule has 1 aromatic carbocycles. The quantitative estimate of drug-likeness (QED) is 0.859. The number of aliphatic hydroxyl groups is 1. The first-order chi connectivity index (χ1) is 9.60. The molecule has 0 aliphatic rings. The monoisotopic (exact) mass is 285 g/mol. The van der Waals surface area contributed by atoms with Crippen molar-refractivity contribution in [1.29, 1.82) is 0 Å². The highest BCUT2D eigenvalue weighted by Gasteiger charge is 2.21. The van der Waals surface area contributed by atoms with Crippen LogP contribution in [0.25, 0.3) is 11.3 Å². The van der Waals surface area contributed by atoms with Gasteiger partial charge in [0.2, 0.25) is 0 Å². The first-order valence-corrected chi connectivity index (χ1v) is 6.27. The van der Waals surface area contributed by atoms with Gasteiger partial charge in [-0.15, -0.1) is 5.10 Å². The maximum atomic E-state index is 13.9. The molecule has 0 aliphatic carbocycles. The van der Waals surface area contributed by atoms with Gasteiger partial charge in [-0.2, -0.15) is 0 Å². The van der Waals surface area contributed by atoms with E-state index in [4.69, 9.17) is 0 Å². The minimum atomic E-state index is -1.55. The van der Waals surface area contributed by atoms with Crippen LogP contribution in [0.3, 0.4) is 0 Å². The third kappa shape index (κ3) is 2.53. The van der Waals surface area contributed by atoms with Crippen LogP contribution >= 0.6 is 0 Å². The average Bonchev–Trinajstić information content (AvgIpc) is 2.85. The Bertz CT molecular complexity index is 613. The van der Waals surface area contributed by atoms with Crippen LogP contribution in [-0.2, 0) is 13.2 Å². The Morgan fingerprint density at radius 3 is 2.60 bits per heavy atom. The average molecular weight is 285 g/mol. The molecule has 7 heteroatoms. The van der Waals surface area contributed by atoms with E-state index in [9.17, 15) is 18.3 Å². The predicted octanol–water partition coefficient (Wildman–Crippen LogP) is 2.65. The van der Waals surface area contributed by atoms with E-state index in [2.05, 4.69) is 10.3 Å². The summed E-state index contributed by atoms with van der Waals surface area (Å²) in [6.45, 7) is 1.97. The molecule has 0 amide bonds. The molecule has 0 unspecified atom stereocenters. The lowest BCUT2D eigenvalue weighted by atomic mass is 10.1. The summed E-state index contributed by atoms with van der Waals surface area (Å²) in [5.41, 5.74) is 0.150. The predicted molar refractivity (Wildman–Crippen MR) is 66.2 cm³/mol. The first kappa shape index (κ1) is 14.5. The van der Waals surface area contributed by atoms with E-state index in [1.54, 1.807) is 0 Å². The largest absolute Gasteiger partial charge is 0.390 e. The highest BCUT2D eigenvalue weighted by molar-refractivity contribution is 5.62. The number of hydrogen-bond acceptors (Lipinski definition) is 3. The lowest BCUT2D eigenvalue weighted by Crippen LogP contribution is -2.05. The summed E-state index contributed by atoms with van der Waals surface area (Å²) in [4.78, 5) is 0. The zero-order chi connectivity index (χ0) is 14.7. The van der Waals surface area contributed by atoms with Crippen LogP contribution in [0.4, 0.5) is 13.2 Å². The number of rotatable bonds is 5. The minimum Gasteiger partial charge on any atom is -0.390 e. The number of aromatic nitrogens is 3. The summed E-state index contributed by atoms with van der Waals surface area (Å²) in [6.07, 6.45) is 1.65. The van der Waals surface area contributed by atoms with E-state index < -0.39 is 24.1 Å². The highest BCUT2D eigenvalue weighted by Crippen LogP contribution is 2.28. The van der Waals surface area contributed by atoms with E-state index in [1.807, 2.05) is 6.92 Å². The number of nitrogens with zero attached hydrogens (tertiary/aromatic N) is 3. The van der Waals surface area contributed by atoms with Crippen molar-refractivity contribution in [2.24, 2.45) is 0 Å². The fourth-order valence-electron chi connectivity index (χ4n) is 1.92. The Morgan fingerprint density at radius 1 is 1.20 bits per heavy atom. The van der Waals surface area contributed by atoms with Gasteiger partial charge in [0.25, 0.3) is 0 Å². The Balaban J connectivity index is 2.56. The molecule has 0 atom stereocenters. The van der Waals surface area contributed by atoms with Crippen molar-refractivity contribution in [2.45, 2.75) is 32.9 Å². The zero-order valence-electron chi connectivity index (χ0n) is 10.9. The van der Waals surface area contributed by atoms with Crippen LogP contribution in [0.2, 0.25) is 0 Å². The number of hydrogen-bond donors (Lipinski definition) is 1. The van der Waals surface area contributed by atoms with Gasteiger partial charge < -0.3 is 5.11 Å². The molecule has 0 fully saturated rings. The Hall–Kier alpha value is -1.89. The van der Waals surface area contributed by atoms with Gasteiger partial charge in [-0.3, -0.25) is 0 Å². The summed E-state index contributed by atoms with van der Waals surface area (Å²) in [5, 5.41) is 16.8. The van der Waals surface area contributed by atoms with Crippen molar-refractivity contribution in [3.8, 4) is 11.3 Å². The first-order valence-electron chi connectivity index (χ1n) is 6.27. The highest BCUT2D eigenvalue weighted by atomic mass is 19.2. The minimum absolute atomic E-state index is 0.131. The lowest BCUT2D eigenvalue weighted by molar-refractivity contribution is 0.277. The molecule has 2 aromatic rings. The number of halogens is 3. The van der Waals surface area contributed by atoms with Gasteiger partial charge in [0.05, 0.1) is 12.3 Å². The van der Waals surface area contributed by atoms with Crippen LogP contribution in [0.15, 0.2) is 12.1 Å². The Morgan fingerprint density at radius 2 is 1.95 bits per heavy atom. The molecule has 20 heavy (non-hydrogen) atoms. The molecule has 0 radical (unpaired) electrons. The van der Waals surface area contributed by atoms with E-state index in [0.29, 0.717) is 6.54 Å². The molecule has 0 aliphatic heterocycles. The maximum absolute atomic E-state index is 13.9. The summed E-state index contributed by atoms with van der Waals surface area (Å²) in [7, 11) is 0. The third-order valence-electron chi connectivity index (χ3n) is 2.97. The maximum Gasteiger partial charge on any atom is 0.195 e. The molecule has 2 rings (SSSR count). The molecule has 4 nitrogen and oxygen atoms in total. The molecule has 0 bridgehead atoms. The third-order valence-corrected chi connectivity index (χ3v) is 2.97. The van der Waals surface area contributed by atoms with Gasteiger partial charge in [-0.1, -0.05) is 18.6 Å². The second kappa shape index (κ2) is 6.04. The van der Waals surface area contributed by atoms with Crippen LogP contribution in [0.1, 0.15) is 25.5 Å². The van der Waals surface area contributed by atoms with Crippen molar-refractivity contribution >= 4 is 0 Å². The molecule has 1 heterocycles. The smallest absolute Gasteiger partial charge is 0.195 e. The van der Waals surface area contributed by atoms with Crippen LogP contribution in [-0.4, -0.2) is 20.1 Å². The van der Waals surface area contributed by atoms with E-state index in [1.165, 1.54) is 4.68 Å². The van der Waals surface area contributed by atoms with Gasteiger partial charge >= 0.3 is 0 Å². The van der Waals surface area contributed by atoms with Crippen molar-refractivity contribution in [3.05, 3.63) is 35.3 Å². The standard InChI is InChI=1S/C13H14F3N3O/c1-2-3-6-19-13(10(7-20)17-18-19)8-4-5-9(14)12(16)11(8)15/h4-5,20H,2-3,6-7H2,1H3. The molecule has 0 saturated carbocycles. The molecule has 1 N–H and O–H groups in total. The number of aryl methyl sites for hydroxylation is 1. The van der Waals surface area contributed by atoms with Gasteiger partial charge in [-0.05, 0) is 18.6 Å².